The topological polar surface area (TPSA) is 90.5 Å². The predicted octanol–water partition coefficient (Wildman–Crippen LogP) is 5.83. The van der Waals surface area contributed by atoms with Gasteiger partial charge in [-0.05, 0) is 73.8 Å². The van der Waals surface area contributed by atoms with Crippen LogP contribution < -0.4 is 16.0 Å². The van der Waals surface area contributed by atoms with Gasteiger partial charge in [0.1, 0.15) is 17.0 Å². The molecule has 4 atom stereocenters. The van der Waals surface area contributed by atoms with Crippen molar-refractivity contribution in [3.63, 3.8) is 0 Å². The van der Waals surface area contributed by atoms with E-state index in [1.807, 2.05) is 20.8 Å². The molecule has 2 aromatic carbocycles. The van der Waals surface area contributed by atoms with Gasteiger partial charge in [-0.25, -0.2) is 8.78 Å². The summed E-state index contributed by atoms with van der Waals surface area (Å²) in [6.45, 7) is 7.81. The standard InChI is InChI=1S/C30H35Cl2F2N3O3/c1-28(2,3)14-22-30(17-12-20(33)19(32)13-21(17)36-27(30)39)23(16-6-5-7-18(31)24(16)34)25(37-22)26(38)35-15-8-10-29(4,40)11-9-15/h5-7,12-13,15,22-23,25,37,40H,8-11,14H2,1-4H3,(H,35,38)(H,36,39)/t15?,22-,23+,25-,29?,30+/m1/s1. The highest BCUT2D eigenvalue weighted by atomic mass is 35.5. The minimum Gasteiger partial charge on any atom is -0.390 e. The van der Waals surface area contributed by atoms with E-state index in [2.05, 4.69) is 16.0 Å². The number of carbonyl (C=O) groups excluding carboxylic acids is 2. The zero-order chi connectivity index (χ0) is 29.2. The Hall–Kier alpha value is -2.26. The van der Waals surface area contributed by atoms with Crippen LogP contribution in [-0.2, 0) is 15.0 Å². The van der Waals surface area contributed by atoms with Crippen LogP contribution >= 0.6 is 23.2 Å². The normalized spacial score (nSPS) is 31.8. The average Bonchev–Trinajstić information content (AvgIpc) is 3.32. The minimum absolute atomic E-state index is 0.0986. The average molecular weight is 595 g/mol. The Morgan fingerprint density at radius 3 is 2.48 bits per heavy atom. The number of aliphatic hydroxyl groups is 1. The molecular formula is C30H35Cl2F2N3O3. The van der Waals surface area contributed by atoms with Crippen molar-refractivity contribution in [3.8, 4) is 0 Å². The van der Waals surface area contributed by atoms with Gasteiger partial charge in [0, 0.05) is 23.7 Å². The van der Waals surface area contributed by atoms with E-state index >= 15 is 8.78 Å². The zero-order valence-corrected chi connectivity index (χ0v) is 24.5. The molecule has 2 heterocycles. The number of hydrogen-bond donors (Lipinski definition) is 4. The van der Waals surface area contributed by atoms with E-state index in [1.54, 1.807) is 13.0 Å². The van der Waals surface area contributed by atoms with Crippen LogP contribution in [0.2, 0.25) is 10.0 Å². The Kier molecular flexibility index (Phi) is 7.48. The van der Waals surface area contributed by atoms with Gasteiger partial charge in [-0.3, -0.25) is 9.59 Å². The smallest absolute Gasteiger partial charge is 0.238 e. The summed E-state index contributed by atoms with van der Waals surface area (Å²) in [5.74, 6) is -3.33. The number of anilines is 1. The quantitative estimate of drug-likeness (QED) is 0.359. The van der Waals surface area contributed by atoms with Crippen LogP contribution in [0.5, 0.6) is 0 Å². The van der Waals surface area contributed by atoms with E-state index in [0.29, 0.717) is 43.4 Å². The van der Waals surface area contributed by atoms with Crippen LogP contribution in [0.4, 0.5) is 14.5 Å². The SMILES string of the molecule is CC(C)(C)C[C@H]1N[C@@H](C(=O)NC2CCC(C)(O)CC2)[C@H](c2cccc(Cl)c2F)[C@@]12C(=O)Nc1cc(Cl)c(F)cc12. The van der Waals surface area contributed by atoms with Crippen LogP contribution in [0.15, 0.2) is 30.3 Å². The summed E-state index contributed by atoms with van der Waals surface area (Å²) in [7, 11) is 0. The fourth-order valence-electron chi connectivity index (χ4n) is 6.84. The van der Waals surface area contributed by atoms with Crippen LogP contribution in [0.1, 0.15) is 76.8 Å². The van der Waals surface area contributed by atoms with Crippen LogP contribution in [-0.4, -0.2) is 40.6 Å². The Balaban J connectivity index is 1.67. The van der Waals surface area contributed by atoms with Gasteiger partial charge >= 0.3 is 0 Å². The van der Waals surface area contributed by atoms with Crippen molar-refractivity contribution in [2.75, 3.05) is 5.32 Å². The van der Waals surface area contributed by atoms with Gasteiger partial charge < -0.3 is 21.1 Å². The van der Waals surface area contributed by atoms with E-state index in [1.165, 1.54) is 24.3 Å². The molecule has 3 aliphatic rings. The third kappa shape index (κ3) is 5.02. The monoisotopic (exact) mass is 593 g/mol. The maximum absolute atomic E-state index is 15.8. The number of hydrogen-bond acceptors (Lipinski definition) is 4. The Bertz CT molecular complexity index is 1350. The molecule has 4 N–H and O–H groups in total. The summed E-state index contributed by atoms with van der Waals surface area (Å²) in [6, 6.07) is 5.25. The van der Waals surface area contributed by atoms with Crippen molar-refractivity contribution >= 4 is 40.7 Å². The van der Waals surface area contributed by atoms with Gasteiger partial charge in [0.25, 0.3) is 0 Å². The maximum atomic E-state index is 15.8. The number of amides is 2. The summed E-state index contributed by atoms with van der Waals surface area (Å²) < 4.78 is 30.9. The molecule has 1 saturated heterocycles. The van der Waals surface area contributed by atoms with Gasteiger partial charge in [-0.2, -0.15) is 0 Å². The minimum atomic E-state index is -1.53. The molecule has 1 aliphatic carbocycles. The summed E-state index contributed by atoms with van der Waals surface area (Å²) in [5.41, 5.74) is -1.86. The summed E-state index contributed by atoms with van der Waals surface area (Å²) in [5, 5.41) is 19.4. The van der Waals surface area contributed by atoms with Crippen LogP contribution in [0.3, 0.4) is 0 Å². The Morgan fingerprint density at radius 1 is 1.15 bits per heavy atom. The van der Waals surface area contributed by atoms with Crippen molar-refractivity contribution < 1.29 is 23.5 Å². The fourth-order valence-corrected chi connectivity index (χ4v) is 7.18. The Morgan fingerprint density at radius 2 is 1.82 bits per heavy atom. The van der Waals surface area contributed by atoms with E-state index in [-0.39, 0.29) is 33.0 Å². The molecule has 1 saturated carbocycles. The van der Waals surface area contributed by atoms with Crippen molar-refractivity contribution in [3.05, 3.63) is 63.1 Å². The second kappa shape index (κ2) is 10.2. The lowest BCUT2D eigenvalue weighted by atomic mass is 9.62. The number of nitrogens with one attached hydrogen (secondary N) is 3. The van der Waals surface area contributed by atoms with Gasteiger partial charge in [-0.1, -0.05) is 56.1 Å². The molecule has 0 unspecified atom stereocenters. The van der Waals surface area contributed by atoms with Gasteiger partial charge in [0.05, 0.1) is 21.7 Å². The molecule has 216 valence electrons. The summed E-state index contributed by atoms with van der Waals surface area (Å²) in [4.78, 5) is 28.2. The molecular weight excluding hydrogens is 559 g/mol. The molecule has 2 amide bonds. The molecule has 0 radical (unpaired) electrons. The second-order valence-electron chi connectivity index (χ2n) is 13.0. The Labute approximate surface area is 243 Å². The molecule has 2 fully saturated rings. The van der Waals surface area contributed by atoms with Gasteiger partial charge in [0.15, 0.2) is 0 Å². The zero-order valence-electron chi connectivity index (χ0n) is 23.0. The van der Waals surface area contributed by atoms with E-state index in [0.717, 1.165) is 0 Å². The second-order valence-corrected chi connectivity index (χ2v) is 13.8. The third-order valence-electron chi connectivity index (χ3n) is 8.71. The largest absolute Gasteiger partial charge is 0.390 e. The highest BCUT2D eigenvalue weighted by Crippen LogP contribution is 2.57. The molecule has 0 bridgehead atoms. The lowest BCUT2D eigenvalue weighted by Crippen LogP contribution is -2.50. The van der Waals surface area contributed by atoms with Crippen molar-refractivity contribution in [2.24, 2.45) is 5.41 Å². The molecule has 6 nitrogen and oxygen atoms in total. The molecule has 40 heavy (non-hydrogen) atoms. The number of rotatable bonds is 4. The predicted molar refractivity (Wildman–Crippen MR) is 152 cm³/mol. The first-order chi connectivity index (χ1) is 18.6. The third-order valence-corrected chi connectivity index (χ3v) is 9.29. The number of carbonyl (C=O) groups is 2. The molecule has 2 aromatic rings. The van der Waals surface area contributed by atoms with E-state index in [4.69, 9.17) is 23.2 Å². The highest BCUT2D eigenvalue weighted by molar-refractivity contribution is 6.31. The van der Waals surface area contributed by atoms with Crippen molar-refractivity contribution in [1.29, 1.82) is 0 Å². The van der Waals surface area contributed by atoms with E-state index in [9.17, 15) is 14.7 Å². The molecule has 2 aliphatic heterocycles. The first kappa shape index (κ1) is 29.2. The summed E-state index contributed by atoms with van der Waals surface area (Å²) >= 11 is 12.3. The number of halogens is 4. The van der Waals surface area contributed by atoms with Gasteiger partial charge in [-0.15, -0.1) is 0 Å². The number of fused-ring (bicyclic) bond motifs is 2. The molecule has 1 spiro atoms. The van der Waals surface area contributed by atoms with Gasteiger partial charge in [0.2, 0.25) is 11.8 Å². The lowest BCUT2D eigenvalue weighted by Gasteiger charge is -2.38. The molecule has 5 rings (SSSR count). The van der Waals surface area contributed by atoms with Crippen LogP contribution in [0.25, 0.3) is 0 Å². The summed E-state index contributed by atoms with van der Waals surface area (Å²) in [6.07, 6.45) is 2.68. The van der Waals surface area contributed by atoms with E-state index < -0.39 is 46.6 Å². The van der Waals surface area contributed by atoms with Crippen molar-refractivity contribution in [1.82, 2.24) is 10.6 Å². The number of benzene rings is 2. The van der Waals surface area contributed by atoms with Crippen molar-refractivity contribution in [2.45, 2.75) is 94.9 Å². The first-order valence-corrected chi connectivity index (χ1v) is 14.4. The molecule has 0 aromatic heterocycles. The fraction of sp³-hybridized carbons (Fsp3) is 0.533. The first-order valence-electron chi connectivity index (χ1n) is 13.7. The maximum Gasteiger partial charge on any atom is 0.238 e. The highest BCUT2D eigenvalue weighted by Gasteiger charge is 2.66. The molecule has 10 heteroatoms. The lowest BCUT2D eigenvalue weighted by molar-refractivity contribution is -0.125. The van der Waals surface area contributed by atoms with Crippen LogP contribution in [0, 0.1) is 17.0 Å².